The smallest absolute Gasteiger partial charge is 0.245 e. The largest absolute Gasteiger partial charge is 0.294 e. The fourth-order valence-corrected chi connectivity index (χ4v) is 4.61. The average molecular weight is 401 g/mol. The van der Waals surface area contributed by atoms with Gasteiger partial charge >= 0.3 is 0 Å². The van der Waals surface area contributed by atoms with E-state index in [0.29, 0.717) is 12.1 Å². The van der Waals surface area contributed by atoms with Crippen LogP contribution < -0.4 is 0 Å². The number of ketones is 1. The molecule has 0 amide bonds. The summed E-state index contributed by atoms with van der Waals surface area (Å²) in [6.45, 7) is -0.142. The van der Waals surface area contributed by atoms with Gasteiger partial charge in [-0.2, -0.15) is 4.31 Å². The fourth-order valence-electron chi connectivity index (χ4n) is 3.09. The Labute approximate surface area is 153 Å². The van der Waals surface area contributed by atoms with Gasteiger partial charge in [-0.1, -0.05) is 0 Å². The van der Waals surface area contributed by atoms with Gasteiger partial charge in [-0.25, -0.2) is 26.0 Å². The number of nitrogens with zero attached hydrogens (tertiary/aromatic N) is 1. The van der Waals surface area contributed by atoms with Gasteiger partial charge in [0.2, 0.25) is 10.0 Å². The lowest BCUT2D eigenvalue weighted by atomic mass is 9.89. The van der Waals surface area contributed by atoms with Gasteiger partial charge < -0.3 is 0 Å². The number of piperidine rings is 1. The van der Waals surface area contributed by atoms with Crippen LogP contribution in [-0.2, 0) is 10.0 Å². The van der Waals surface area contributed by atoms with Gasteiger partial charge in [0.15, 0.2) is 5.78 Å². The Morgan fingerprint density at radius 3 is 2.00 bits per heavy atom. The van der Waals surface area contributed by atoms with E-state index in [1.807, 2.05) is 0 Å². The van der Waals surface area contributed by atoms with Crippen molar-refractivity contribution in [2.75, 3.05) is 13.1 Å². The topological polar surface area (TPSA) is 54.5 Å². The predicted molar refractivity (Wildman–Crippen MR) is 88.5 cm³/mol. The summed E-state index contributed by atoms with van der Waals surface area (Å²) in [4.78, 5) is 11.8. The van der Waals surface area contributed by atoms with Crippen LogP contribution in [0.5, 0.6) is 0 Å². The van der Waals surface area contributed by atoms with E-state index in [2.05, 4.69) is 0 Å². The normalized spacial score (nSPS) is 16.4. The summed E-state index contributed by atoms with van der Waals surface area (Å²) in [6.07, 6.45) is 0.218. The minimum absolute atomic E-state index is 0.0711. The maximum atomic E-state index is 13.8. The van der Waals surface area contributed by atoms with Gasteiger partial charge in [0.1, 0.15) is 28.2 Å². The summed E-state index contributed by atoms with van der Waals surface area (Å²) in [5.74, 6) is -5.01. The first-order chi connectivity index (χ1) is 12.7. The molecule has 0 atom stereocenters. The number of rotatable bonds is 4. The zero-order chi connectivity index (χ0) is 19.8. The summed E-state index contributed by atoms with van der Waals surface area (Å²) in [7, 11) is -4.18. The monoisotopic (exact) mass is 401 g/mol. The molecule has 0 N–H and O–H groups in total. The Balaban J connectivity index is 1.74. The van der Waals surface area contributed by atoms with E-state index in [1.165, 1.54) is 0 Å². The lowest BCUT2D eigenvalue weighted by Crippen LogP contribution is -2.40. The quantitative estimate of drug-likeness (QED) is 0.582. The molecule has 0 saturated carbocycles. The van der Waals surface area contributed by atoms with Gasteiger partial charge in [-0.15, -0.1) is 0 Å². The first-order valence-corrected chi connectivity index (χ1v) is 9.58. The Bertz CT molecular complexity index is 986. The molecule has 0 spiro atoms. The minimum Gasteiger partial charge on any atom is -0.294 e. The van der Waals surface area contributed by atoms with Crippen LogP contribution in [0.2, 0.25) is 0 Å². The molecule has 2 aromatic rings. The van der Waals surface area contributed by atoms with Crippen LogP contribution in [0.1, 0.15) is 23.2 Å². The maximum absolute atomic E-state index is 13.8. The van der Waals surface area contributed by atoms with Crippen LogP contribution in [0.4, 0.5) is 17.6 Å². The number of benzene rings is 2. The van der Waals surface area contributed by atoms with Crippen molar-refractivity contribution in [1.82, 2.24) is 4.31 Å². The second kappa shape index (κ2) is 7.40. The molecule has 1 aliphatic heterocycles. The highest BCUT2D eigenvalue weighted by Crippen LogP contribution is 2.28. The third-order valence-corrected chi connectivity index (χ3v) is 6.46. The summed E-state index contributed by atoms with van der Waals surface area (Å²) in [6, 6.07) is 4.84. The van der Waals surface area contributed by atoms with Crippen molar-refractivity contribution in [1.29, 1.82) is 0 Å². The minimum atomic E-state index is -4.18. The first-order valence-electron chi connectivity index (χ1n) is 8.14. The lowest BCUT2D eigenvalue weighted by molar-refractivity contribution is 0.0871. The van der Waals surface area contributed by atoms with E-state index in [-0.39, 0.29) is 31.5 Å². The van der Waals surface area contributed by atoms with Crippen LogP contribution >= 0.6 is 0 Å². The zero-order valence-electron chi connectivity index (χ0n) is 14.0. The first kappa shape index (κ1) is 19.5. The molecule has 2 aromatic carbocycles. The number of Topliss-reactive ketones (excluding diaryl/α,β-unsaturated/α-hetero) is 1. The van der Waals surface area contributed by atoms with Crippen molar-refractivity contribution in [2.45, 2.75) is 17.7 Å². The van der Waals surface area contributed by atoms with E-state index in [9.17, 15) is 30.8 Å². The van der Waals surface area contributed by atoms with Gasteiger partial charge in [0, 0.05) is 31.1 Å². The van der Waals surface area contributed by atoms with Crippen LogP contribution in [0.15, 0.2) is 41.3 Å². The van der Waals surface area contributed by atoms with Gasteiger partial charge in [-0.3, -0.25) is 4.79 Å². The highest BCUT2D eigenvalue weighted by molar-refractivity contribution is 7.89. The highest BCUT2D eigenvalue weighted by Gasteiger charge is 2.34. The summed E-state index contributed by atoms with van der Waals surface area (Å²) in [5.41, 5.74) is -0.248. The second-order valence-corrected chi connectivity index (χ2v) is 8.15. The van der Waals surface area contributed by atoms with E-state index in [0.717, 1.165) is 28.6 Å². The molecule has 1 aliphatic rings. The van der Waals surface area contributed by atoms with Crippen LogP contribution in [0.25, 0.3) is 0 Å². The van der Waals surface area contributed by atoms with Crippen molar-refractivity contribution in [3.63, 3.8) is 0 Å². The van der Waals surface area contributed by atoms with Crippen molar-refractivity contribution in [3.05, 3.63) is 65.2 Å². The number of hydrogen-bond donors (Lipinski definition) is 0. The lowest BCUT2D eigenvalue weighted by Gasteiger charge is -2.30. The molecule has 1 fully saturated rings. The average Bonchev–Trinajstić information content (AvgIpc) is 2.61. The molecule has 0 bridgehead atoms. The van der Waals surface area contributed by atoms with Gasteiger partial charge in [0.05, 0.1) is 5.56 Å². The van der Waals surface area contributed by atoms with E-state index >= 15 is 0 Å². The molecule has 0 radical (unpaired) electrons. The Kier molecular flexibility index (Phi) is 5.34. The molecule has 1 saturated heterocycles. The van der Waals surface area contributed by atoms with Crippen molar-refractivity contribution in [3.8, 4) is 0 Å². The molecule has 1 heterocycles. The molecule has 3 rings (SSSR count). The standard InChI is InChI=1S/C18H15F4NO3S/c19-12-1-3-14(15(21)9-12)18(24)11-5-7-23(8-6-11)27(25,26)17-4-2-13(20)10-16(17)22/h1-4,9-11H,5-8H2. The van der Waals surface area contributed by atoms with Crippen molar-refractivity contribution >= 4 is 15.8 Å². The Hall–Kier alpha value is -2.26. The number of sulfonamides is 1. The van der Waals surface area contributed by atoms with Crippen molar-refractivity contribution in [2.24, 2.45) is 5.92 Å². The van der Waals surface area contributed by atoms with Gasteiger partial charge in [-0.05, 0) is 37.1 Å². The predicted octanol–water partition coefficient (Wildman–Crippen LogP) is 3.53. The van der Waals surface area contributed by atoms with Crippen molar-refractivity contribution < 1.29 is 30.8 Å². The molecular formula is C18H15F4NO3S. The van der Waals surface area contributed by atoms with E-state index < -0.39 is 49.9 Å². The third-order valence-electron chi connectivity index (χ3n) is 4.53. The van der Waals surface area contributed by atoms with Crippen LogP contribution in [0.3, 0.4) is 0 Å². The molecule has 0 unspecified atom stereocenters. The molecule has 27 heavy (non-hydrogen) atoms. The second-order valence-electron chi connectivity index (χ2n) is 6.24. The maximum Gasteiger partial charge on any atom is 0.245 e. The number of carbonyl (C=O) groups is 1. The number of halogens is 4. The zero-order valence-corrected chi connectivity index (χ0v) is 14.8. The molecule has 144 valence electrons. The Morgan fingerprint density at radius 1 is 0.889 bits per heavy atom. The summed E-state index contributed by atoms with van der Waals surface area (Å²) < 4.78 is 79.7. The molecule has 9 heteroatoms. The molecule has 0 aliphatic carbocycles. The van der Waals surface area contributed by atoms with E-state index in [4.69, 9.17) is 0 Å². The van der Waals surface area contributed by atoms with E-state index in [1.54, 1.807) is 0 Å². The fraction of sp³-hybridized carbons (Fsp3) is 0.278. The molecule has 0 aromatic heterocycles. The number of carbonyl (C=O) groups excluding carboxylic acids is 1. The summed E-state index contributed by atoms with van der Waals surface area (Å²) in [5, 5.41) is 0. The van der Waals surface area contributed by atoms with Crippen LogP contribution in [-0.4, -0.2) is 31.6 Å². The highest BCUT2D eigenvalue weighted by atomic mass is 32.2. The molecular weight excluding hydrogens is 386 g/mol. The van der Waals surface area contributed by atoms with Gasteiger partial charge in [0.25, 0.3) is 0 Å². The Morgan fingerprint density at radius 2 is 1.44 bits per heavy atom. The summed E-state index contributed by atoms with van der Waals surface area (Å²) >= 11 is 0. The number of hydrogen-bond acceptors (Lipinski definition) is 3. The SMILES string of the molecule is O=C(c1ccc(F)cc1F)C1CCN(S(=O)(=O)c2ccc(F)cc2F)CC1. The molecule has 4 nitrogen and oxygen atoms in total. The van der Waals surface area contributed by atoms with Crippen LogP contribution in [0, 0.1) is 29.2 Å². The third kappa shape index (κ3) is 3.89.